The van der Waals surface area contributed by atoms with E-state index in [0.717, 1.165) is 39.0 Å². The molecule has 2 aromatic rings. The van der Waals surface area contributed by atoms with Gasteiger partial charge in [0.2, 0.25) is 0 Å². The number of ketones is 2. The first-order valence-corrected chi connectivity index (χ1v) is 19.5. The van der Waals surface area contributed by atoms with Crippen LogP contribution in [0.5, 0.6) is 0 Å². The van der Waals surface area contributed by atoms with Crippen molar-refractivity contribution in [3.63, 3.8) is 0 Å². The number of halogens is 1. The van der Waals surface area contributed by atoms with Crippen LogP contribution in [0.3, 0.4) is 0 Å². The normalized spacial score (nSPS) is 13.9. The molecule has 0 saturated heterocycles. The van der Waals surface area contributed by atoms with Gasteiger partial charge in [0.15, 0.2) is 11.9 Å². The summed E-state index contributed by atoms with van der Waals surface area (Å²) < 4.78 is 6.16. The number of carboxylic acid groups (broad SMARTS) is 1. The van der Waals surface area contributed by atoms with Crippen LogP contribution >= 0.6 is 20.8 Å². The lowest BCUT2D eigenvalue weighted by molar-refractivity contribution is -0.130. The molecule has 8 heteroatoms. The van der Waals surface area contributed by atoms with Gasteiger partial charge in [0.05, 0.1) is 0 Å². The van der Waals surface area contributed by atoms with Crippen LogP contribution in [-0.2, 0) is 14.3 Å². The van der Waals surface area contributed by atoms with Gasteiger partial charge in [-0.2, -0.15) is 0 Å². The Morgan fingerprint density at radius 2 is 1.52 bits per heavy atom. The quantitative estimate of drug-likeness (QED) is 0.213. The summed E-state index contributed by atoms with van der Waals surface area (Å²) >= 11 is 6.13. The number of aromatic nitrogens is 1. The lowest BCUT2D eigenvalue weighted by Gasteiger charge is -2.26. The summed E-state index contributed by atoms with van der Waals surface area (Å²) in [5, 5.41) is 10.1. The molecule has 3 rings (SSSR count). The number of nitrogens with zero attached hydrogens (tertiary/aromatic N) is 1. The van der Waals surface area contributed by atoms with Gasteiger partial charge in [-0.15, -0.1) is 9.24 Å². The molecule has 2 heterocycles. The Bertz CT molecular complexity index is 1510. The summed E-state index contributed by atoms with van der Waals surface area (Å²) in [5.41, 5.74) is 4.62. The molecule has 292 valence electrons. The van der Waals surface area contributed by atoms with E-state index < -0.39 is 5.97 Å². The van der Waals surface area contributed by atoms with Gasteiger partial charge in [0.25, 0.3) is 0 Å². The number of benzene rings is 1. The first kappa shape index (κ1) is 51.0. The van der Waals surface area contributed by atoms with E-state index in [2.05, 4.69) is 75.3 Å². The maximum absolute atomic E-state index is 12.4. The Balaban J connectivity index is 0. The zero-order valence-electron chi connectivity index (χ0n) is 34.9. The van der Waals surface area contributed by atoms with Crippen LogP contribution in [0.25, 0.3) is 5.57 Å². The van der Waals surface area contributed by atoms with Crippen molar-refractivity contribution in [3.8, 4) is 0 Å². The predicted molar refractivity (Wildman–Crippen MR) is 227 cm³/mol. The van der Waals surface area contributed by atoms with E-state index in [1.165, 1.54) is 25.3 Å². The number of carbonyl (C=O) groups is 3. The molecule has 2 unspecified atom stereocenters. The molecule has 1 aromatic carbocycles. The molecule has 0 bridgehead atoms. The number of Topliss-reactive ketones (excluding diaryl/α,β-unsaturated/α-hetero) is 2. The number of hydrogen-bond acceptors (Lipinski definition) is 5. The van der Waals surface area contributed by atoms with Crippen LogP contribution in [-0.4, -0.2) is 33.7 Å². The second-order valence-corrected chi connectivity index (χ2v) is 16.3. The minimum absolute atomic E-state index is 0.0336. The molecule has 6 nitrogen and oxygen atoms in total. The lowest BCUT2D eigenvalue weighted by Crippen LogP contribution is -2.25. The summed E-state index contributed by atoms with van der Waals surface area (Å²) in [4.78, 5) is 37.3. The fraction of sp³-hybridized carbons (Fsp3) is 0.545. The van der Waals surface area contributed by atoms with Crippen molar-refractivity contribution in [3.05, 3.63) is 87.9 Å². The number of carbonyl (C=O) groups excluding carboxylic acids is 2. The predicted octanol–water partition coefficient (Wildman–Crippen LogP) is 12.4. The highest BCUT2D eigenvalue weighted by molar-refractivity contribution is 7.28. The van der Waals surface area contributed by atoms with Crippen LogP contribution in [0.2, 0.25) is 5.02 Å². The van der Waals surface area contributed by atoms with Gasteiger partial charge in [-0.1, -0.05) is 140 Å². The summed E-state index contributed by atoms with van der Waals surface area (Å²) in [7, 11) is 2.65. The Kier molecular flexibility index (Phi) is 24.6. The molecule has 0 radical (unpaired) electrons. The zero-order chi connectivity index (χ0) is 41.0. The first-order chi connectivity index (χ1) is 23.9. The Labute approximate surface area is 324 Å². The van der Waals surface area contributed by atoms with Gasteiger partial charge in [0, 0.05) is 40.5 Å². The molecule has 1 aromatic heterocycles. The largest absolute Gasteiger partial charge is 0.482 e. The van der Waals surface area contributed by atoms with E-state index in [9.17, 15) is 14.4 Å². The highest BCUT2D eigenvalue weighted by Gasteiger charge is 2.35. The van der Waals surface area contributed by atoms with Crippen LogP contribution < -0.4 is 5.30 Å². The Morgan fingerprint density at radius 1 is 0.981 bits per heavy atom. The maximum atomic E-state index is 12.4. The number of pyridine rings is 1. The number of aryl methyl sites for hydroxylation is 1. The summed E-state index contributed by atoms with van der Waals surface area (Å²) in [6.45, 7) is 34.7. The summed E-state index contributed by atoms with van der Waals surface area (Å²) in [6.07, 6.45) is 6.90. The second kappa shape index (κ2) is 25.0. The summed E-state index contributed by atoms with van der Waals surface area (Å²) in [6, 6.07) is 10.8. The second-order valence-electron chi connectivity index (χ2n) is 15.2. The smallest absolute Gasteiger partial charge is 0.354 e. The monoisotopic (exact) mass is 757 g/mol. The number of unbranched alkanes of at least 4 members (excludes halogenated alkanes) is 1. The third-order valence-electron chi connectivity index (χ3n) is 7.53. The van der Waals surface area contributed by atoms with Crippen molar-refractivity contribution >= 4 is 49.3 Å². The molecular formula is C44H69ClNO5P. The fourth-order valence-electron chi connectivity index (χ4n) is 4.30. The van der Waals surface area contributed by atoms with E-state index in [1.807, 2.05) is 66.7 Å². The minimum Gasteiger partial charge on any atom is -0.482 e. The number of carboxylic acids is 1. The zero-order valence-corrected chi connectivity index (χ0v) is 36.8. The van der Waals surface area contributed by atoms with Crippen molar-refractivity contribution in [1.29, 1.82) is 0 Å². The van der Waals surface area contributed by atoms with E-state index in [0.29, 0.717) is 23.6 Å². The summed E-state index contributed by atoms with van der Waals surface area (Å²) in [5.74, 6) is 0.305. The number of allylic oxidation sites excluding steroid dienone is 3. The molecule has 52 heavy (non-hydrogen) atoms. The third kappa shape index (κ3) is 19.7. The van der Waals surface area contributed by atoms with Gasteiger partial charge in [-0.3, -0.25) is 9.59 Å². The number of hydrogen-bond donors (Lipinski definition) is 1. The number of aromatic carboxylic acids is 1. The van der Waals surface area contributed by atoms with Crippen LogP contribution in [0.1, 0.15) is 151 Å². The molecule has 1 aliphatic heterocycles. The molecule has 0 fully saturated rings. The topological polar surface area (TPSA) is 93.6 Å². The van der Waals surface area contributed by atoms with E-state index >= 15 is 0 Å². The number of ether oxygens (including phenoxy) is 1. The van der Waals surface area contributed by atoms with Gasteiger partial charge in [-0.05, 0) is 71.6 Å². The number of rotatable bonds is 8. The molecule has 2 atom stereocenters. The van der Waals surface area contributed by atoms with Gasteiger partial charge in [0.1, 0.15) is 17.2 Å². The molecule has 0 spiro atoms. The minimum atomic E-state index is -0.983. The van der Waals surface area contributed by atoms with Crippen molar-refractivity contribution in [2.45, 2.75) is 142 Å². The molecule has 1 aliphatic rings. The van der Waals surface area contributed by atoms with Crippen molar-refractivity contribution in [2.75, 3.05) is 0 Å². The highest BCUT2D eigenvalue weighted by atomic mass is 35.5. The molecule has 0 saturated carbocycles. The highest BCUT2D eigenvalue weighted by Crippen LogP contribution is 2.41. The van der Waals surface area contributed by atoms with E-state index in [1.54, 1.807) is 19.1 Å². The lowest BCUT2D eigenvalue weighted by atomic mass is 9.82. The van der Waals surface area contributed by atoms with Crippen LogP contribution in [0.15, 0.2) is 66.0 Å². The molecule has 0 amide bonds. The average molecular weight is 758 g/mol. The van der Waals surface area contributed by atoms with E-state index in [-0.39, 0.29) is 34.3 Å². The van der Waals surface area contributed by atoms with Crippen LogP contribution in [0, 0.1) is 23.7 Å². The average Bonchev–Trinajstić information content (AvgIpc) is 3.44. The van der Waals surface area contributed by atoms with Gasteiger partial charge < -0.3 is 9.84 Å². The first-order valence-electron chi connectivity index (χ1n) is 18.5. The van der Waals surface area contributed by atoms with Crippen LogP contribution in [0.4, 0.5) is 0 Å². The standard InChI is InChI=1S/C23H30ClO2P.C7H7NO2.C7H14O.C4H10.C3H8/c1-13(2)21(25)19-11-15(4)22(26-19)17(23(5,6)7)10-14(3)16-8-9-18(24)20(27)12-16;1-5-3-2-4-6(8-5)7(9)10;1-5-6(8)7(2,3)4;1-3-4-2;1-3-2/h8-10,12-13,19H,3,11,27H2,1-2,4-7H3;2-4H,1H3,(H,9,10);5H2,1-4H3;3-4H2,1-2H3;3H2,1-2H3/b17-10+;;;;. The Morgan fingerprint density at radius 3 is 1.87 bits per heavy atom. The molecular weight excluding hydrogens is 689 g/mol. The molecule has 0 aliphatic carbocycles. The van der Waals surface area contributed by atoms with Crippen molar-refractivity contribution in [1.82, 2.24) is 4.98 Å². The SMILES string of the molecule is C=C(/C=C(\C1=C(C)CC(C(=O)C(C)C)O1)C(C)(C)C)c1ccc(Cl)c(P)c1.CCC.CCC(=O)C(C)(C)C.CCCC.Cc1cccc(C(=O)O)n1. The molecule has 1 N–H and O–H groups in total. The Hall–Kier alpha value is -3.08. The van der Waals surface area contributed by atoms with E-state index in [4.69, 9.17) is 21.4 Å². The van der Waals surface area contributed by atoms with Gasteiger partial charge >= 0.3 is 5.97 Å². The van der Waals surface area contributed by atoms with Gasteiger partial charge in [-0.25, -0.2) is 9.78 Å². The fourth-order valence-corrected chi connectivity index (χ4v) is 4.69. The third-order valence-corrected chi connectivity index (χ3v) is 8.53. The van der Waals surface area contributed by atoms with Crippen molar-refractivity contribution < 1.29 is 24.2 Å². The maximum Gasteiger partial charge on any atom is 0.354 e. The van der Waals surface area contributed by atoms with Crippen molar-refractivity contribution in [2.24, 2.45) is 16.7 Å².